The molecule has 0 bridgehead atoms. The van der Waals surface area contributed by atoms with Crippen LogP contribution in [0.5, 0.6) is 0 Å². The second-order valence-electron chi connectivity index (χ2n) is 6.23. The Morgan fingerprint density at radius 2 is 1.96 bits per heavy atom. The molecular weight excluding hydrogens is 376 g/mol. The third-order valence-electron chi connectivity index (χ3n) is 4.74. The van der Waals surface area contributed by atoms with E-state index in [4.69, 9.17) is 23.2 Å². The summed E-state index contributed by atoms with van der Waals surface area (Å²) >= 11 is 12.8. The summed E-state index contributed by atoms with van der Waals surface area (Å²) in [4.78, 5) is 10.5. The second-order valence-corrected chi connectivity index (χ2v) is 7.00. The van der Waals surface area contributed by atoms with Gasteiger partial charge in [0.1, 0.15) is 23.1 Å². The van der Waals surface area contributed by atoms with Crippen LogP contribution >= 0.6 is 23.2 Å². The summed E-state index contributed by atoms with van der Waals surface area (Å²) in [6, 6.07) is 4.55. The third-order valence-corrected chi connectivity index (χ3v) is 5.33. The molecule has 1 aromatic carbocycles. The van der Waals surface area contributed by atoms with Gasteiger partial charge in [-0.25, -0.2) is 4.39 Å². The van der Waals surface area contributed by atoms with E-state index in [1.807, 2.05) is 6.08 Å². The monoisotopic (exact) mass is 391 g/mol. The molecule has 0 aliphatic carbocycles. The number of halogens is 3. The topological polar surface area (TPSA) is 46.3 Å². The van der Waals surface area contributed by atoms with E-state index in [-0.39, 0.29) is 15.7 Å². The van der Waals surface area contributed by atoms with E-state index in [9.17, 15) is 4.39 Å². The molecule has 1 fully saturated rings. The zero-order chi connectivity index (χ0) is 18.3. The molecule has 0 amide bonds. The Labute approximate surface area is 160 Å². The second kappa shape index (κ2) is 6.85. The number of fused-ring (bicyclic) bond motifs is 1. The Hall–Kier alpha value is -2.18. The molecule has 4 rings (SSSR count). The number of piperidine rings is 1. The molecule has 2 aromatic heterocycles. The minimum absolute atomic E-state index is 0.151. The smallest absolute Gasteiger partial charge is 0.255 e. The summed E-state index contributed by atoms with van der Waals surface area (Å²) in [7, 11) is 0. The maximum absolute atomic E-state index is 14.7. The quantitative estimate of drug-likeness (QED) is 0.481. The molecule has 8 heteroatoms. The molecule has 0 spiro atoms. The van der Waals surface area contributed by atoms with Gasteiger partial charge >= 0.3 is 0 Å². The lowest BCUT2D eigenvalue weighted by atomic mass is 9.96. The lowest BCUT2D eigenvalue weighted by molar-refractivity contribution is 0.475. The van der Waals surface area contributed by atoms with Crippen molar-refractivity contribution >= 4 is 34.8 Å². The van der Waals surface area contributed by atoms with E-state index in [1.165, 1.54) is 12.4 Å². The molecule has 1 aliphatic heterocycles. The number of nitrogens with zero attached hydrogens (tertiary/aromatic N) is 5. The minimum atomic E-state index is -0.456. The van der Waals surface area contributed by atoms with Gasteiger partial charge in [-0.05, 0) is 30.9 Å². The largest absolute Gasteiger partial charge is 0.356 e. The lowest BCUT2D eigenvalue weighted by Crippen LogP contribution is -2.35. The highest BCUT2D eigenvalue weighted by Crippen LogP contribution is 2.42. The van der Waals surface area contributed by atoms with Gasteiger partial charge in [-0.1, -0.05) is 35.3 Å². The van der Waals surface area contributed by atoms with Crippen LogP contribution in [0.2, 0.25) is 10.2 Å². The highest BCUT2D eigenvalue weighted by atomic mass is 35.5. The number of aromatic nitrogens is 4. The van der Waals surface area contributed by atoms with E-state index < -0.39 is 5.82 Å². The molecule has 0 radical (unpaired) electrons. The zero-order valence-electron chi connectivity index (χ0n) is 13.9. The van der Waals surface area contributed by atoms with Gasteiger partial charge in [-0.3, -0.25) is 0 Å². The Morgan fingerprint density at radius 3 is 2.65 bits per heavy atom. The molecule has 134 valence electrons. The van der Waals surface area contributed by atoms with Crippen LogP contribution in [0.4, 0.5) is 10.2 Å². The maximum atomic E-state index is 14.7. The van der Waals surface area contributed by atoms with Crippen molar-refractivity contribution in [3.05, 3.63) is 53.2 Å². The highest BCUT2D eigenvalue weighted by Gasteiger charge is 2.28. The third kappa shape index (κ3) is 2.83. The molecule has 5 nitrogen and oxygen atoms in total. The van der Waals surface area contributed by atoms with Crippen LogP contribution in [0, 0.1) is 11.7 Å². The van der Waals surface area contributed by atoms with Crippen LogP contribution in [-0.2, 0) is 0 Å². The first-order valence-corrected chi connectivity index (χ1v) is 9.07. The summed E-state index contributed by atoms with van der Waals surface area (Å²) in [6.07, 6.45) is 5.29. The van der Waals surface area contributed by atoms with Crippen LogP contribution in [0.3, 0.4) is 0 Å². The van der Waals surface area contributed by atoms with E-state index >= 15 is 0 Å². The Bertz CT molecular complexity index is 959. The van der Waals surface area contributed by atoms with Crippen molar-refractivity contribution < 1.29 is 4.39 Å². The van der Waals surface area contributed by atoms with Crippen LogP contribution in [0.25, 0.3) is 16.9 Å². The normalized spacial score (nSPS) is 15.6. The molecule has 3 heterocycles. The van der Waals surface area contributed by atoms with Crippen LogP contribution in [-0.4, -0.2) is 32.7 Å². The van der Waals surface area contributed by atoms with E-state index in [0.717, 1.165) is 25.9 Å². The Morgan fingerprint density at radius 1 is 1.19 bits per heavy atom. The van der Waals surface area contributed by atoms with Gasteiger partial charge in [-0.2, -0.15) is 19.6 Å². The first-order chi connectivity index (χ1) is 12.6. The van der Waals surface area contributed by atoms with Gasteiger partial charge in [0.05, 0.1) is 10.6 Å². The van der Waals surface area contributed by atoms with Crippen LogP contribution in [0.15, 0.2) is 37.2 Å². The van der Waals surface area contributed by atoms with E-state index in [1.54, 1.807) is 16.6 Å². The highest BCUT2D eigenvalue weighted by molar-refractivity contribution is 6.36. The predicted octanol–water partition coefficient (Wildman–Crippen LogP) is 4.64. The fraction of sp³-hybridized carbons (Fsp3) is 0.278. The summed E-state index contributed by atoms with van der Waals surface area (Å²) in [5, 5.41) is 4.70. The van der Waals surface area contributed by atoms with Crippen molar-refractivity contribution in [2.45, 2.75) is 12.8 Å². The molecule has 0 N–H and O–H groups in total. The fourth-order valence-corrected chi connectivity index (χ4v) is 3.91. The van der Waals surface area contributed by atoms with Crippen LogP contribution in [0.1, 0.15) is 12.8 Å². The van der Waals surface area contributed by atoms with Crippen molar-refractivity contribution in [1.29, 1.82) is 0 Å². The molecule has 1 aliphatic rings. The van der Waals surface area contributed by atoms with Gasteiger partial charge < -0.3 is 4.90 Å². The first kappa shape index (κ1) is 17.2. The van der Waals surface area contributed by atoms with Crippen LogP contribution < -0.4 is 4.90 Å². The molecule has 0 atom stereocenters. The molecule has 0 saturated carbocycles. The summed E-state index contributed by atoms with van der Waals surface area (Å²) in [5.41, 5.74) is 0.662. The molecule has 1 saturated heterocycles. The molecule has 3 aromatic rings. The number of anilines is 1. The van der Waals surface area contributed by atoms with E-state index in [0.29, 0.717) is 23.1 Å². The first-order valence-electron chi connectivity index (χ1n) is 8.31. The van der Waals surface area contributed by atoms with Gasteiger partial charge in [0.15, 0.2) is 0 Å². The molecule has 0 unspecified atom stereocenters. The number of rotatable bonds is 3. The average molecular weight is 392 g/mol. The van der Waals surface area contributed by atoms with Gasteiger partial charge in [0.2, 0.25) is 0 Å². The Balaban J connectivity index is 1.95. The van der Waals surface area contributed by atoms with Crippen molar-refractivity contribution in [1.82, 2.24) is 19.6 Å². The summed E-state index contributed by atoms with van der Waals surface area (Å²) in [6.45, 7) is 5.42. The lowest BCUT2D eigenvalue weighted by Gasteiger charge is -2.33. The minimum Gasteiger partial charge on any atom is -0.356 e. The van der Waals surface area contributed by atoms with E-state index in [2.05, 4.69) is 26.5 Å². The fourth-order valence-electron chi connectivity index (χ4n) is 3.39. The summed E-state index contributed by atoms with van der Waals surface area (Å²) in [5.74, 6) is 1.04. The van der Waals surface area contributed by atoms with Gasteiger partial charge in [-0.15, -0.1) is 6.58 Å². The standard InChI is InChI=1S/C18H16Cl2FN5/c1-2-11-6-8-25(9-7-11)17-15(14-12(19)4-3-5-13(14)21)16(20)24-18-22-10-23-26(17)18/h2-5,10-11H,1,6-9H2. The maximum Gasteiger partial charge on any atom is 0.255 e. The average Bonchev–Trinajstić information content (AvgIpc) is 3.09. The van der Waals surface area contributed by atoms with Crippen molar-refractivity contribution in [2.75, 3.05) is 18.0 Å². The molecule has 26 heavy (non-hydrogen) atoms. The summed E-state index contributed by atoms with van der Waals surface area (Å²) < 4.78 is 16.3. The van der Waals surface area contributed by atoms with Crippen molar-refractivity contribution in [3.63, 3.8) is 0 Å². The number of allylic oxidation sites excluding steroid dienone is 1. The number of benzene rings is 1. The number of hydrogen-bond acceptors (Lipinski definition) is 4. The predicted molar refractivity (Wildman–Crippen MR) is 101 cm³/mol. The molecular formula is C18H16Cl2FN5. The van der Waals surface area contributed by atoms with Gasteiger partial charge in [0, 0.05) is 18.7 Å². The Kier molecular flexibility index (Phi) is 4.54. The van der Waals surface area contributed by atoms with Crippen molar-refractivity contribution in [3.8, 4) is 11.1 Å². The van der Waals surface area contributed by atoms with Gasteiger partial charge in [0.25, 0.3) is 5.78 Å². The zero-order valence-corrected chi connectivity index (χ0v) is 15.4. The SMILES string of the molecule is C=CC1CCN(c2c(-c3c(F)cccc3Cl)c(Cl)nc3ncnn23)CC1. The number of hydrogen-bond donors (Lipinski definition) is 0. The van der Waals surface area contributed by atoms with Crippen molar-refractivity contribution in [2.24, 2.45) is 5.92 Å².